The van der Waals surface area contributed by atoms with Gasteiger partial charge in [-0.1, -0.05) is 44.0 Å². The van der Waals surface area contributed by atoms with Crippen LogP contribution >= 0.6 is 0 Å². The second-order valence-electron chi connectivity index (χ2n) is 5.37. The minimum absolute atomic E-state index is 0.292. The maximum absolute atomic E-state index is 9.64. The Bertz CT molecular complexity index is 338. The van der Waals surface area contributed by atoms with Crippen LogP contribution in [0.3, 0.4) is 0 Å². The Morgan fingerprint density at radius 3 is 2.29 bits per heavy atom. The lowest BCUT2D eigenvalue weighted by Crippen LogP contribution is -2.13. The summed E-state index contributed by atoms with van der Waals surface area (Å²) in [5, 5.41) is 9.64. The van der Waals surface area contributed by atoms with Crippen LogP contribution in [-0.2, 0) is 0 Å². The normalized spacial score (nSPS) is 26.8. The highest BCUT2D eigenvalue weighted by atomic mass is 16.3. The smallest absolute Gasteiger partial charge is 0.0912 e. The van der Waals surface area contributed by atoms with E-state index in [2.05, 4.69) is 19.1 Å². The lowest BCUT2D eigenvalue weighted by atomic mass is 9.79. The number of hydrogen-bond donors (Lipinski definition) is 2. The van der Waals surface area contributed by atoms with Crippen molar-refractivity contribution in [3.05, 3.63) is 35.4 Å². The monoisotopic (exact) mass is 233 g/mol. The number of aliphatic hydroxyl groups is 1. The number of aliphatic hydroxyl groups excluding tert-OH is 1. The topological polar surface area (TPSA) is 46.2 Å². The number of benzene rings is 1. The molecule has 1 saturated carbocycles. The summed E-state index contributed by atoms with van der Waals surface area (Å²) in [5.41, 5.74) is 7.80. The van der Waals surface area contributed by atoms with Crippen molar-refractivity contribution >= 4 is 0 Å². The fraction of sp³-hybridized carbons (Fsp3) is 0.600. The quantitative estimate of drug-likeness (QED) is 0.843. The van der Waals surface area contributed by atoms with Gasteiger partial charge >= 0.3 is 0 Å². The second-order valence-corrected chi connectivity index (χ2v) is 5.37. The Labute approximate surface area is 104 Å². The molecule has 1 aliphatic carbocycles. The van der Waals surface area contributed by atoms with E-state index in [4.69, 9.17) is 5.73 Å². The van der Waals surface area contributed by atoms with Gasteiger partial charge in [0.1, 0.15) is 0 Å². The summed E-state index contributed by atoms with van der Waals surface area (Å²) in [6.45, 7) is 2.64. The summed E-state index contributed by atoms with van der Waals surface area (Å²) in [6.07, 6.45) is 4.78. The summed E-state index contributed by atoms with van der Waals surface area (Å²) >= 11 is 0. The molecule has 0 aromatic heterocycles. The summed E-state index contributed by atoms with van der Waals surface area (Å²) in [4.78, 5) is 0. The molecule has 0 bridgehead atoms. The lowest BCUT2D eigenvalue weighted by molar-refractivity contribution is 0.186. The highest BCUT2D eigenvalue weighted by molar-refractivity contribution is 5.27. The Balaban J connectivity index is 2.02. The molecule has 0 radical (unpaired) electrons. The maximum atomic E-state index is 9.64. The van der Waals surface area contributed by atoms with Gasteiger partial charge in [0.05, 0.1) is 6.10 Å². The van der Waals surface area contributed by atoms with E-state index in [1.807, 2.05) is 12.1 Å². The lowest BCUT2D eigenvalue weighted by Gasteiger charge is -2.26. The first-order chi connectivity index (χ1) is 8.20. The number of hydrogen-bond acceptors (Lipinski definition) is 2. The van der Waals surface area contributed by atoms with Crippen LogP contribution in [0.2, 0.25) is 0 Å². The molecular weight excluding hydrogens is 210 g/mol. The van der Waals surface area contributed by atoms with Crippen LogP contribution in [0.25, 0.3) is 0 Å². The Hall–Kier alpha value is -0.860. The van der Waals surface area contributed by atoms with E-state index in [1.54, 1.807) is 0 Å². The minimum atomic E-state index is -0.518. The zero-order valence-corrected chi connectivity index (χ0v) is 10.6. The van der Waals surface area contributed by atoms with Gasteiger partial charge in [0, 0.05) is 6.54 Å². The van der Waals surface area contributed by atoms with Gasteiger partial charge in [0.2, 0.25) is 0 Å². The fourth-order valence-electron chi connectivity index (χ4n) is 2.72. The first kappa shape index (κ1) is 12.6. The third kappa shape index (κ3) is 3.08. The van der Waals surface area contributed by atoms with E-state index >= 15 is 0 Å². The zero-order valence-electron chi connectivity index (χ0n) is 10.6. The summed E-state index contributed by atoms with van der Waals surface area (Å²) < 4.78 is 0. The largest absolute Gasteiger partial charge is 0.387 e. The van der Waals surface area contributed by atoms with Gasteiger partial charge in [-0.3, -0.25) is 0 Å². The molecule has 1 aromatic carbocycles. The van der Waals surface area contributed by atoms with E-state index in [0.717, 1.165) is 17.4 Å². The molecule has 94 valence electrons. The van der Waals surface area contributed by atoms with Crippen molar-refractivity contribution in [2.75, 3.05) is 6.54 Å². The van der Waals surface area contributed by atoms with Crippen LogP contribution < -0.4 is 5.73 Å². The van der Waals surface area contributed by atoms with Crippen molar-refractivity contribution in [3.63, 3.8) is 0 Å². The highest BCUT2D eigenvalue weighted by Gasteiger charge is 2.19. The van der Waals surface area contributed by atoms with Crippen LogP contribution in [-0.4, -0.2) is 11.7 Å². The summed E-state index contributed by atoms with van der Waals surface area (Å²) in [5.74, 6) is 1.61. The standard InChI is InChI=1S/C15H23NO/c1-11-2-4-12(5-3-11)13-6-8-14(9-7-13)15(17)10-16/h6-9,11-12,15,17H,2-5,10,16H2,1H3. The summed E-state index contributed by atoms with van der Waals surface area (Å²) in [6, 6.07) is 8.36. The van der Waals surface area contributed by atoms with E-state index in [0.29, 0.717) is 6.54 Å². The van der Waals surface area contributed by atoms with Crippen molar-refractivity contribution < 1.29 is 5.11 Å². The third-order valence-corrected chi connectivity index (χ3v) is 4.03. The van der Waals surface area contributed by atoms with E-state index < -0.39 is 6.10 Å². The van der Waals surface area contributed by atoms with E-state index in [-0.39, 0.29) is 0 Å². The molecule has 0 heterocycles. The first-order valence-electron chi connectivity index (χ1n) is 6.68. The van der Waals surface area contributed by atoms with Crippen LogP contribution in [0.5, 0.6) is 0 Å². The van der Waals surface area contributed by atoms with Gasteiger partial charge in [-0.05, 0) is 35.8 Å². The van der Waals surface area contributed by atoms with Gasteiger partial charge in [-0.25, -0.2) is 0 Å². The molecule has 1 aromatic rings. The van der Waals surface area contributed by atoms with Gasteiger partial charge in [0.15, 0.2) is 0 Å². The predicted molar refractivity (Wildman–Crippen MR) is 70.8 cm³/mol. The molecule has 2 nitrogen and oxygen atoms in total. The average Bonchev–Trinajstić information content (AvgIpc) is 2.39. The highest BCUT2D eigenvalue weighted by Crippen LogP contribution is 2.35. The SMILES string of the molecule is CC1CCC(c2ccc(C(O)CN)cc2)CC1. The average molecular weight is 233 g/mol. The van der Waals surface area contributed by atoms with Gasteiger partial charge in [-0.15, -0.1) is 0 Å². The molecule has 0 spiro atoms. The molecular formula is C15H23NO. The number of nitrogens with two attached hydrogens (primary N) is 1. The van der Waals surface area contributed by atoms with Crippen molar-refractivity contribution in [3.8, 4) is 0 Å². The van der Waals surface area contributed by atoms with Crippen molar-refractivity contribution in [2.45, 2.75) is 44.6 Å². The van der Waals surface area contributed by atoms with Crippen molar-refractivity contribution in [2.24, 2.45) is 11.7 Å². The van der Waals surface area contributed by atoms with Gasteiger partial charge in [-0.2, -0.15) is 0 Å². The van der Waals surface area contributed by atoms with Crippen LogP contribution in [0, 0.1) is 5.92 Å². The molecule has 17 heavy (non-hydrogen) atoms. The zero-order chi connectivity index (χ0) is 12.3. The van der Waals surface area contributed by atoms with E-state index in [1.165, 1.54) is 31.2 Å². The van der Waals surface area contributed by atoms with Crippen LogP contribution in [0.1, 0.15) is 55.8 Å². The predicted octanol–water partition coefficient (Wildman–Crippen LogP) is 2.97. The molecule has 0 amide bonds. The Morgan fingerprint density at radius 1 is 1.18 bits per heavy atom. The second kappa shape index (κ2) is 5.65. The molecule has 1 aliphatic rings. The number of rotatable bonds is 3. The molecule has 1 fully saturated rings. The maximum Gasteiger partial charge on any atom is 0.0912 e. The molecule has 2 heteroatoms. The van der Waals surface area contributed by atoms with Gasteiger partial charge < -0.3 is 10.8 Å². The minimum Gasteiger partial charge on any atom is -0.387 e. The summed E-state index contributed by atoms with van der Waals surface area (Å²) in [7, 11) is 0. The molecule has 1 atom stereocenters. The molecule has 1 unspecified atom stereocenters. The Morgan fingerprint density at radius 2 is 1.76 bits per heavy atom. The van der Waals surface area contributed by atoms with E-state index in [9.17, 15) is 5.11 Å². The van der Waals surface area contributed by atoms with Crippen molar-refractivity contribution in [1.82, 2.24) is 0 Å². The molecule has 2 rings (SSSR count). The molecule has 3 N–H and O–H groups in total. The molecule has 0 saturated heterocycles. The van der Waals surface area contributed by atoms with Crippen LogP contribution in [0.15, 0.2) is 24.3 Å². The van der Waals surface area contributed by atoms with Crippen LogP contribution in [0.4, 0.5) is 0 Å². The van der Waals surface area contributed by atoms with Crippen molar-refractivity contribution in [1.29, 1.82) is 0 Å². The first-order valence-corrected chi connectivity index (χ1v) is 6.68. The third-order valence-electron chi connectivity index (χ3n) is 4.03. The molecule has 0 aliphatic heterocycles. The van der Waals surface area contributed by atoms with Gasteiger partial charge in [0.25, 0.3) is 0 Å². The fourth-order valence-corrected chi connectivity index (χ4v) is 2.72. The Kier molecular flexibility index (Phi) is 4.19.